The Morgan fingerprint density at radius 3 is 2.45 bits per heavy atom. The molecule has 0 saturated carbocycles. The van der Waals surface area contributed by atoms with E-state index in [1.807, 2.05) is 25.2 Å². The fourth-order valence-corrected chi connectivity index (χ4v) is 4.14. The summed E-state index contributed by atoms with van der Waals surface area (Å²) in [5.41, 5.74) is 4.59. The first-order valence-corrected chi connectivity index (χ1v) is 11.5. The van der Waals surface area contributed by atoms with E-state index in [0.717, 1.165) is 62.5 Å². The molecule has 1 fully saturated rings. The molecule has 0 atom stereocenters. The van der Waals surface area contributed by atoms with Gasteiger partial charge in [-0.15, -0.1) is 24.0 Å². The number of amides is 1. The number of nitrogens with zero attached hydrogens (tertiary/aromatic N) is 3. The number of aryl methyl sites for hydroxylation is 1. The highest BCUT2D eigenvalue weighted by molar-refractivity contribution is 14.0. The second kappa shape index (κ2) is 13.5. The summed E-state index contributed by atoms with van der Waals surface area (Å²) in [5.74, 6) is 0.883. The topological polar surface area (TPSA) is 60.0 Å². The van der Waals surface area contributed by atoms with Gasteiger partial charge in [-0.25, -0.2) is 0 Å². The van der Waals surface area contributed by atoms with Crippen molar-refractivity contribution in [1.82, 2.24) is 20.4 Å². The van der Waals surface area contributed by atoms with Crippen LogP contribution in [0.3, 0.4) is 0 Å². The molecule has 0 bridgehead atoms. The molecule has 180 valence electrons. The third kappa shape index (κ3) is 8.62. The predicted molar refractivity (Wildman–Crippen MR) is 148 cm³/mol. The highest BCUT2D eigenvalue weighted by Crippen LogP contribution is 2.15. The second-order valence-electron chi connectivity index (χ2n) is 8.83. The average Bonchev–Trinajstić information content (AvgIpc) is 2.79. The van der Waals surface area contributed by atoms with Crippen LogP contribution in [-0.2, 0) is 13.0 Å². The second-order valence-corrected chi connectivity index (χ2v) is 8.83. The highest BCUT2D eigenvalue weighted by atomic mass is 127. The van der Waals surface area contributed by atoms with Crippen LogP contribution in [-0.4, -0.2) is 68.5 Å². The lowest BCUT2D eigenvalue weighted by Gasteiger charge is -2.33. The van der Waals surface area contributed by atoms with E-state index in [2.05, 4.69) is 57.8 Å². The highest BCUT2D eigenvalue weighted by Gasteiger charge is 2.20. The lowest BCUT2D eigenvalue weighted by Crippen LogP contribution is -2.48. The number of hydrogen-bond acceptors (Lipinski definition) is 3. The van der Waals surface area contributed by atoms with Crippen LogP contribution >= 0.6 is 24.0 Å². The molecular weight excluding hydrogens is 525 g/mol. The molecule has 0 radical (unpaired) electrons. The minimum absolute atomic E-state index is 0. The third-order valence-corrected chi connectivity index (χ3v) is 5.93. The van der Waals surface area contributed by atoms with Gasteiger partial charge in [-0.2, -0.15) is 0 Å². The molecule has 2 aromatic carbocycles. The maximum Gasteiger partial charge on any atom is 0.253 e. The van der Waals surface area contributed by atoms with Gasteiger partial charge in [0.1, 0.15) is 0 Å². The summed E-state index contributed by atoms with van der Waals surface area (Å²) >= 11 is 0. The zero-order valence-electron chi connectivity index (χ0n) is 20.3. The Morgan fingerprint density at radius 2 is 1.79 bits per heavy atom. The maximum atomic E-state index is 12.2. The molecule has 1 aliphatic heterocycles. The Kier molecular flexibility index (Phi) is 11.1. The predicted octanol–water partition coefficient (Wildman–Crippen LogP) is 3.69. The first-order valence-electron chi connectivity index (χ1n) is 11.5. The summed E-state index contributed by atoms with van der Waals surface area (Å²) in [7, 11) is 5.37. The van der Waals surface area contributed by atoms with Crippen molar-refractivity contribution in [3.05, 3.63) is 70.8 Å². The van der Waals surface area contributed by atoms with E-state index in [0.29, 0.717) is 6.04 Å². The number of benzene rings is 2. The largest absolute Gasteiger partial charge is 0.356 e. The number of piperidine rings is 1. The van der Waals surface area contributed by atoms with Crippen LogP contribution in [0.2, 0.25) is 0 Å². The number of carbonyl (C=O) groups excluding carboxylic acids is 1. The van der Waals surface area contributed by atoms with E-state index >= 15 is 0 Å². The van der Waals surface area contributed by atoms with Crippen LogP contribution in [0.4, 0.5) is 0 Å². The summed E-state index contributed by atoms with van der Waals surface area (Å²) in [4.78, 5) is 20.7. The minimum atomic E-state index is 0. The molecule has 2 aromatic rings. The van der Waals surface area contributed by atoms with Gasteiger partial charge < -0.3 is 15.5 Å². The van der Waals surface area contributed by atoms with E-state index in [9.17, 15) is 4.79 Å². The number of aliphatic imine (C=N–C) groups is 1. The van der Waals surface area contributed by atoms with E-state index in [-0.39, 0.29) is 29.9 Å². The number of rotatable bonds is 7. The fraction of sp³-hybridized carbons (Fsp3) is 0.462. The lowest BCUT2D eigenvalue weighted by atomic mass is 10.0. The number of guanidine groups is 1. The number of likely N-dealkylation sites (tertiary alicyclic amines) is 1. The van der Waals surface area contributed by atoms with Crippen molar-refractivity contribution in [3.63, 3.8) is 0 Å². The molecule has 33 heavy (non-hydrogen) atoms. The Morgan fingerprint density at radius 1 is 1.09 bits per heavy atom. The number of nitrogens with one attached hydrogen (secondary N) is 2. The molecule has 1 amide bonds. The van der Waals surface area contributed by atoms with E-state index in [1.165, 1.54) is 11.1 Å². The molecule has 0 aliphatic carbocycles. The Hall–Kier alpha value is -2.13. The molecule has 7 heteroatoms. The summed E-state index contributed by atoms with van der Waals surface area (Å²) in [6, 6.07) is 17.1. The van der Waals surface area contributed by atoms with Gasteiger partial charge in [-0.1, -0.05) is 42.0 Å². The van der Waals surface area contributed by atoms with Gasteiger partial charge in [0, 0.05) is 58.9 Å². The van der Waals surface area contributed by atoms with Gasteiger partial charge in [0.25, 0.3) is 5.91 Å². The normalized spacial score (nSPS) is 15.0. The first kappa shape index (κ1) is 27.1. The van der Waals surface area contributed by atoms with Crippen LogP contribution in [0.5, 0.6) is 0 Å². The van der Waals surface area contributed by atoms with Crippen molar-refractivity contribution in [2.24, 2.45) is 4.99 Å². The summed E-state index contributed by atoms with van der Waals surface area (Å²) < 4.78 is 0. The quantitative estimate of drug-likeness (QED) is 0.307. The maximum absolute atomic E-state index is 12.2. The van der Waals surface area contributed by atoms with Gasteiger partial charge in [0.05, 0.1) is 0 Å². The number of carbonyl (C=O) groups is 1. The Balaban J connectivity index is 0.00000385. The fourth-order valence-electron chi connectivity index (χ4n) is 4.14. The van der Waals surface area contributed by atoms with Gasteiger partial charge >= 0.3 is 0 Å². The molecule has 3 rings (SSSR count). The van der Waals surface area contributed by atoms with Gasteiger partial charge in [-0.3, -0.25) is 14.7 Å². The van der Waals surface area contributed by atoms with Crippen molar-refractivity contribution < 1.29 is 4.79 Å². The van der Waals surface area contributed by atoms with Crippen LogP contribution < -0.4 is 10.6 Å². The standard InChI is InChI=1S/C26H37N5O.HI/c1-20-7-5-9-22(17-20)19-31-15-12-24(13-16-31)29-26(27-2)28-14-11-21-8-6-10-23(18-21)25(32)30(3)4;/h5-10,17-18,24H,11-16,19H2,1-4H3,(H2,27,28,29);1H. The van der Waals surface area contributed by atoms with E-state index in [4.69, 9.17) is 0 Å². The van der Waals surface area contributed by atoms with Crippen molar-refractivity contribution in [1.29, 1.82) is 0 Å². The number of hydrogen-bond donors (Lipinski definition) is 2. The molecule has 2 N–H and O–H groups in total. The summed E-state index contributed by atoms with van der Waals surface area (Å²) in [6.45, 7) is 6.13. The molecule has 6 nitrogen and oxygen atoms in total. The van der Waals surface area contributed by atoms with Gasteiger partial charge in [0.15, 0.2) is 5.96 Å². The smallest absolute Gasteiger partial charge is 0.253 e. The Bertz CT molecular complexity index is 922. The zero-order chi connectivity index (χ0) is 22.9. The molecule has 1 saturated heterocycles. The molecule has 1 heterocycles. The molecule has 1 aliphatic rings. The monoisotopic (exact) mass is 563 g/mol. The summed E-state index contributed by atoms with van der Waals surface area (Å²) in [5, 5.41) is 7.01. The lowest BCUT2D eigenvalue weighted by molar-refractivity contribution is 0.0827. The Labute approximate surface area is 215 Å². The van der Waals surface area contributed by atoms with Crippen molar-refractivity contribution in [2.75, 3.05) is 40.8 Å². The van der Waals surface area contributed by atoms with Crippen LogP contribution in [0.1, 0.15) is 39.9 Å². The van der Waals surface area contributed by atoms with E-state index < -0.39 is 0 Å². The average molecular weight is 564 g/mol. The number of halogens is 1. The van der Waals surface area contributed by atoms with Crippen molar-refractivity contribution in [2.45, 2.75) is 38.8 Å². The van der Waals surface area contributed by atoms with Crippen LogP contribution in [0.15, 0.2) is 53.5 Å². The van der Waals surface area contributed by atoms with Crippen LogP contribution in [0, 0.1) is 6.92 Å². The van der Waals surface area contributed by atoms with Crippen molar-refractivity contribution >= 4 is 35.8 Å². The first-order chi connectivity index (χ1) is 15.4. The van der Waals surface area contributed by atoms with E-state index in [1.54, 1.807) is 19.0 Å². The summed E-state index contributed by atoms with van der Waals surface area (Å²) in [6.07, 6.45) is 3.06. The third-order valence-electron chi connectivity index (χ3n) is 5.93. The van der Waals surface area contributed by atoms with Crippen LogP contribution in [0.25, 0.3) is 0 Å². The zero-order valence-corrected chi connectivity index (χ0v) is 22.6. The SMILES string of the molecule is CN=C(NCCc1cccc(C(=O)N(C)C)c1)NC1CCN(Cc2cccc(C)c2)CC1.I. The molecule has 0 unspecified atom stereocenters. The molecular formula is C26H38IN5O. The molecule has 0 spiro atoms. The van der Waals surface area contributed by atoms with Crippen molar-refractivity contribution in [3.8, 4) is 0 Å². The minimum Gasteiger partial charge on any atom is -0.356 e. The van der Waals surface area contributed by atoms with Gasteiger partial charge in [-0.05, 0) is 49.4 Å². The van der Waals surface area contributed by atoms with Gasteiger partial charge in [0.2, 0.25) is 0 Å². The molecule has 0 aromatic heterocycles.